The highest BCUT2D eigenvalue weighted by atomic mass is 28.3. The Labute approximate surface area is 189 Å². The average Bonchev–Trinajstić information content (AvgIpc) is 3.47. The maximum Gasteiger partial charge on any atom is 0.407 e. The number of amides is 3. The van der Waals surface area contributed by atoms with Crippen molar-refractivity contribution in [3.05, 3.63) is 0 Å². The van der Waals surface area contributed by atoms with Gasteiger partial charge in [0.2, 0.25) is 0 Å². The van der Waals surface area contributed by atoms with E-state index >= 15 is 0 Å². The second-order valence-corrected chi connectivity index (χ2v) is 13.0. The van der Waals surface area contributed by atoms with Gasteiger partial charge in [-0.05, 0) is 56.0 Å². The summed E-state index contributed by atoms with van der Waals surface area (Å²) in [5.74, 6) is 0. The minimum atomic E-state index is -1.10. The Kier molecular flexibility index (Phi) is 9.63. The summed E-state index contributed by atoms with van der Waals surface area (Å²) in [6, 6.07) is 1.14. The molecule has 1 saturated carbocycles. The molecule has 9 heteroatoms. The van der Waals surface area contributed by atoms with Crippen LogP contribution in [0.4, 0.5) is 9.59 Å². The van der Waals surface area contributed by atoms with Gasteiger partial charge in [0.05, 0.1) is 6.61 Å². The Morgan fingerprint density at radius 2 is 1.97 bits per heavy atom. The Morgan fingerprint density at radius 3 is 2.61 bits per heavy atom. The number of rotatable bonds is 11. The standard InChI is InChI=1S/C22H43N3O5Si/c1-7-30-31(6)10-8-9-25(5)19(26)24-17-11-21(2,3)15-22(4,12-17)16-23-20(27)29-14-18-13-28-18/h17-18,31H,7-16H2,1-6H3,(H,23,27)(H,24,26). The van der Waals surface area contributed by atoms with Crippen LogP contribution in [0.2, 0.25) is 12.6 Å². The Hall–Kier alpha value is -1.32. The highest BCUT2D eigenvalue weighted by molar-refractivity contribution is 6.50. The van der Waals surface area contributed by atoms with E-state index in [2.05, 4.69) is 38.0 Å². The Morgan fingerprint density at radius 1 is 1.26 bits per heavy atom. The first kappa shape index (κ1) is 25.9. The summed E-state index contributed by atoms with van der Waals surface area (Å²) in [6.07, 6.45) is 3.38. The lowest BCUT2D eigenvalue weighted by molar-refractivity contribution is 0.0672. The minimum Gasteiger partial charge on any atom is -0.447 e. The zero-order chi connectivity index (χ0) is 23.1. The van der Waals surface area contributed by atoms with Crippen LogP contribution in [-0.2, 0) is 13.9 Å². The molecular formula is C22H43N3O5Si. The highest BCUT2D eigenvalue weighted by Crippen LogP contribution is 2.45. The average molecular weight is 458 g/mol. The van der Waals surface area contributed by atoms with Crippen molar-refractivity contribution in [1.29, 1.82) is 0 Å². The van der Waals surface area contributed by atoms with Gasteiger partial charge in [-0.3, -0.25) is 0 Å². The summed E-state index contributed by atoms with van der Waals surface area (Å²) in [5.41, 5.74) is -0.0264. The first-order valence-corrected chi connectivity index (χ1v) is 14.1. The van der Waals surface area contributed by atoms with E-state index in [0.29, 0.717) is 19.8 Å². The van der Waals surface area contributed by atoms with E-state index in [9.17, 15) is 9.59 Å². The fraction of sp³-hybridized carbons (Fsp3) is 0.909. The number of ether oxygens (including phenoxy) is 2. The van der Waals surface area contributed by atoms with E-state index in [1.165, 1.54) is 0 Å². The zero-order valence-electron chi connectivity index (χ0n) is 20.3. The molecule has 2 fully saturated rings. The third-order valence-corrected chi connectivity index (χ3v) is 8.26. The number of urea groups is 1. The van der Waals surface area contributed by atoms with Gasteiger partial charge < -0.3 is 29.4 Å². The van der Waals surface area contributed by atoms with E-state index in [4.69, 9.17) is 13.9 Å². The van der Waals surface area contributed by atoms with Crippen LogP contribution in [0, 0.1) is 10.8 Å². The van der Waals surface area contributed by atoms with Crippen LogP contribution >= 0.6 is 0 Å². The molecule has 4 atom stereocenters. The number of hydrogen-bond acceptors (Lipinski definition) is 5. The van der Waals surface area contributed by atoms with Crippen molar-refractivity contribution < 1.29 is 23.5 Å². The van der Waals surface area contributed by atoms with Crippen molar-refractivity contribution in [3.63, 3.8) is 0 Å². The number of alkyl carbamates (subject to hydrolysis) is 1. The quantitative estimate of drug-likeness (QED) is 0.367. The highest BCUT2D eigenvalue weighted by Gasteiger charge is 2.42. The molecule has 0 aromatic heterocycles. The Balaban J connectivity index is 1.79. The third-order valence-electron chi connectivity index (χ3n) is 6.14. The molecule has 1 heterocycles. The first-order chi connectivity index (χ1) is 14.5. The van der Waals surface area contributed by atoms with Crippen LogP contribution < -0.4 is 10.6 Å². The SMILES string of the molecule is CCO[SiH](C)CCCN(C)C(=O)NC1CC(C)(C)CC(C)(CNC(=O)OCC2CO2)C1. The number of hydrogen-bond donors (Lipinski definition) is 2. The van der Waals surface area contributed by atoms with Gasteiger partial charge in [0.1, 0.15) is 12.7 Å². The van der Waals surface area contributed by atoms with E-state index in [1.807, 2.05) is 14.0 Å². The molecule has 180 valence electrons. The van der Waals surface area contributed by atoms with Crippen molar-refractivity contribution >= 4 is 21.2 Å². The van der Waals surface area contributed by atoms with Crippen molar-refractivity contribution in [3.8, 4) is 0 Å². The van der Waals surface area contributed by atoms with Crippen LogP contribution in [0.25, 0.3) is 0 Å². The molecule has 0 bridgehead atoms. The number of nitrogens with zero attached hydrogens (tertiary/aromatic N) is 1. The lowest BCUT2D eigenvalue weighted by Crippen LogP contribution is -2.52. The molecule has 2 aliphatic rings. The lowest BCUT2D eigenvalue weighted by Gasteiger charge is -2.47. The molecule has 0 radical (unpaired) electrons. The molecule has 31 heavy (non-hydrogen) atoms. The van der Waals surface area contributed by atoms with Gasteiger partial charge in [0.25, 0.3) is 0 Å². The van der Waals surface area contributed by atoms with E-state index in [0.717, 1.165) is 44.9 Å². The normalized spacial score (nSPS) is 27.8. The van der Waals surface area contributed by atoms with E-state index < -0.39 is 15.1 Å². The van der Waals surface area contributed by atoms with Crippen molar-refractivity contribution in [1.82, 2.24) is 15.5 Å². The van der Waals surface area contributed by atoms with Gasteiger partial charge in [0, 0.05) is 32.8 Å². The maximum absolute atomic E-state index is 12.7. The van der Waals surface area contributed by atoms with Gasteiger partial charge in [-0.15, -0.1) is 0 Å². The molecule has 2 rings (SSSR count). The lowest BCUT2D eigenvalue weighted by atomic mass is 9.62. The fourth-order valence-electron chi connectivity index (χ4n) is 4.91. The summed E-state index contributed by atoms with van der Waals surface area (Å²) < 4.78 is 15.9. The minimum absolute atomic E-state index is 0.0208. The summed E-state index contributed by atoms with van der Waals surface area (Å²) >= 11 is 0. The molecular weight excluding hydrogens is 414 g/mol. The van der Waals surface area contributed by atoms with Crippen LogP contribution in [0.1, 0.15) is 53.4 Å². The van der Waals surface area contributed by atoms with Crippen LogP contribution in [0.3, 0.4) is 0 Å². The fourth-order valence-corrected chi connectivity index (χ4v) is 6.40. The largest absolute Gasteiger partial charge is 0.447 e. The molecule has 1 aliphatic heterocycles. The molecule has 0 aromatic rings. The van der Waals surface area contributed by atoms with Crippen molar-refractivity contribution in [2.75, 3.05) is 40.0 Å². The number of nitrogens with one attached hydrogen (secondary N) is 2. The van der Waals surface area contributed by atoms with E-state index in [-0.39, 0.29) is 29.0 Å². The monoisotopic (exact) mass is 457 g/mol. The Bertz CT molecular complexity index is 602. The molecule has 1 saturated heterocycles. The maximum atomic E-state index is 12.7. The van der Waals surface area contributed by atoms with E-state index in [1.54, 1.807) is 4.90 Å². The molecule has 0 aromatic carbocycles. The van der Waals surface area contributed by atoms with Crippen molar-refractivity contribution in [2.45, 2.75) is 78.1 Å². The smallest absolute Gasteiger partial charge is 0.407 e. The summed E-state index contributed by atoms with van der Waals surface area (Å²) in [4.78, 5) is 26.5. The first-order valence-electron chi connectivity index (χ1n) is 11.7. The molecule has 8 nitrogen and oxygen atoms in total. The summed E-state index contributed by atoms with van der Waals surface area (Å²) in [6.45, 7) is 13.9. The van der Waals surface area contributed by atoms with Crippen LogP contribution in [-0.4, -0.2) is 78.2 Å². The van der Waals surface area contributed by atoms with Gasteiger partial charge in [-0.1, -0.05) is 20.8 Å². The second-order valence-electron chi connectivity index (χ2n) is 10.4. The number of carbonyl (C=O) groups is 2. The van der Waals surface area contributed by atoms with Crippen LogP contribution in [0.15, 0.2) is 0 Å². The predicted molar refractivity (Wildman–Crippen MR) is 124 cm³/mol. The van der Waals surface area contributed by atoms with Gasteiger partial charge in [0.15, 0.2) is 9.04 Å². The van der Waals surface area contributed by atoms with Gasteiger partial charge in [-0.25, -0.2) is 9.59 Å². The molecule has 1 aliphatic carbocycles. The molecule has 0 spiro atoms. The van der Waals surface area contributed by atoms with Gasteiger partial charge in [-0.2, -0.15) is 0 Å². The predicted octanol–water partition coefficient (Wildman–Crippen LogP) is 3.12. The van der Waals surface area contributed by atoms with Crippen LogP contribution in [0.5, 0.6) is 0 Å². The topological polar surface area (TPSA) is 92.4 Å². The second kappa shape index (κ2) is 11.5. The number of carbonyl (C=O) groups excluding carboxylic acids is 2. The summed E-state index contributed by atoms with van der Waals surface area (Å²) in [7, 11) is 0.759. The zero-order valence-corrected chi connectivity index (χ0v) is 21.4. The molecule has 3 amide bonds. The molecule has 4 unspecified atom stereocenters. The number of epoxide rings is 1. The van der Waals surface area contributed by atoms with Gasteiger partial charge >= 0.3 is 12.1 Å². The molecule has 2 N–H and O–H groups in total. The third kappa shape index (κ3) is 9.78. The summed E-state index contributed by atoms with van der Waals surface area (Å²) in [5, 5.41) is 6.15. The van der Waals surface area contributed by atoms with Crippen molar-refractivity contribution in [2.24, 2.45) is 10.8 Å².